The summed E-state index contributed by atoms with van der Waals surface area (Å²) in [6.07, 6.45) is -1.79. The quantitative estimate of drug-likeness (QED) is 0.603. The Morgan fingerprint density at radius 3 is 2.50 bits per heavy atom. The molecule has 3 N–H and O–H groups in total. The number of carbonyl (C=O) groups excluding carboxylic acids is 2. The number of nitrogens with one attached hydrogen (secondary N) is 3. The number of carbonyl (C=O) groups is 2. The molecule has 0 radical (unpaired) electrons. The van der Waals surface area contributed by atoms with Crippen LogP contribution in [-0.4, -0.2) is 30.4 Å². The Morgan fingerprint density at radius 2 is 1.78 bits per heavy atom. The van der Waals surface area contributed by atoms with E-state index in [9.17, 15) is 22.8 Å². The van der Waals surface area contributed by atoms with Crippen LogP contribution in [0.15, 0.2) is 42.5 Å². The molecular formula is C24H28F3N3O2. The summed E-state index contributed by atoms with van der Waals surface area (Å²) in [6.45, 7) is 4.54. The zero-order valence-electron chi connectivity index (χ0n) is 18.2. The molecule has 32 heavy (non-hydrogen) atoms. The van der Waals surface area contributed by atoms with Crippen molar-refractivity contribution in [2.24, 2.45) is 0 Å². The zero-order valence-corrected chi connectivity index (χ0v) is 18.2. The van der Waals surface area contributed by atoms with Gasteiger partial charge in [-0.2, -0.15) is 13.2 Å². The number of alkyl halides is 3. The number of rotatable bonds is 7. The lowest BCUT2D eigenvalue weighted by Gasteiger charge is -2.23. The predicted octanol–water partition coefficient (Wildman–Crippen LogP) is 3.88. The van der Waals surface area contributed by atoms with Crippen molar-refractivity contribution in [2.75, 3.05) is 6.54 Å². The molecule has 0 aromatic heterocycles. The summed E-state index contributed by atoms with van der Waals surface area (Å²) in [7, 11) is 0. The van der Waals surface area contributed by atoms with Gasteiger partial charge in [-0.15, -0.1) is 0 Å². The summed E-state index contributed by atoms with van der Waals surface area (Å²) >= 11 is 0. The first-order valence-corrected chi connectivity index (χ1v) is 10.7. The van der Waals surface area contributed by atoms with Crippen LogP contribution in [0.25, 0.3) is 0 Å². The van der Waals surface area contributed by atoms with E-state index in [1.165, 1.54) is 28.8 Å². The maximum absolute atomic E-state index is 12.8. The topological polar surface area (TPSA) is 70.2 Å². The second kappa shape index (κ2) is 10.2. The fraction of sp³-hybridized carbons (Fsp3) is 0.417. The Kier molecular flexibility index (Phi) is 7.56. The van der Waals surface area contributed by atoms with Crippen LogP contribution >= 0.6 is 0 Å². The lowest BCUT2D eigenvalue weighted by molar-refractivity contribution is -0.137. The van der Waals surface area contributed by atoms with Crippen molar-refractivity contribution in [3.63, 3.8) is 0 Å². The average molecular weight is 448 g/mol. The minimum absolute atomic E-state index is 0.0567. The summed E-state index contributed by atoms with van der Waals surface area (Å²) < 4.78 is 38.5. The summed E-state index contributed by atoms with van der Waals surface area (Å²) in [5.74, 6) is -1.09. The van der Waals surface area contributed by atoms with Gasteiger partial charge in [-0.25, -0.2) is 0 Å². The van der Waals surface area contributed by atoms with Crippen LogP contribution in [-0.2, 0) is 17.5 Å². The molecule has 1 aliphatic rings. The highest BCUT2D eigenvalue weighted by Gasteiger charge is 2.31. The number of aryl methyl sites for hydroxylation is 2. The largest absolute Gasteiger partial charge is 0.416 e. The standard InChI is InChI=1S/C24H28F3N3O2/c1-15-9-10-18(16(2)11-15)13-28-20-7-4-8-21(20)30-22(31)14-29-23(32)17-5-3-6-19(12-17)24(25,26)27/h3,5-6,9-12,20-21,28H,4,7-8,13-14H2,1-2H3,(H,29,32)(H,30,31)/t20-,21-/m0/s1. The van der Waals surface area contributed by atoms with Gasteiger partial charge in [0.2, 0.25) is 5.91 Å². The number of benzene rings is 2. The van der Waals surface area contributed by atoms with Crippen molar-refractivity contribution in [2.45, 2.75) is 57.9 Å². The lowest BCUT2D eigenvalue weighted by Crippen LogP contribution is -2.49. The molecule has 8 heteroatoms. The SMILES string of the molecule is Cc1ccc(CN[C@H]2CCC[C@@H]2NC(=O)CNC(=O)c2cccc(C(F)(F)F)c2)c(C)c1. The average Bonchev–Trinajstić information content (AvgIpc) is 3.17. The Morgan fingerprint density at radius 1 is 1.03 bits per heavy atom. The van der Waals surface area contributed by atoms with Gasteiger partial charge in [0.25, 0.3) is 5.91 Å². The molecule has 1 aliphatic carbocycles. The minimum atomic E-state index is -4.53. The number of halogens is 3. The fourth-order valence-corrected chi connectivity index (χ4v) is 4.02. The summed E-state index contributed by atoms with van der Waals surface area (Å²) in [5.41, 5.74) is 2.60. The van der Waals surface area contributed by atoms with Gasteiger partial charge in [0, 0.05) is 24.2 Å². The van der Waals surface area contributed by atoms with Crippen molar-refractivity contribution in [3.05, 3.63) is 70.3 Å². The van der Waals surface area contributed by atoms with Crippen molar-refractivity contribution in [1.29, 1.82) is 0 Å². The maximum atomic E-state index is 12.8. The maximum Gasteiger partial charge on any atom is 0.416 e. The summed E-state index contributed by atoms with van der Waals surface area (Å²) in [4.78, 5) is 24.5. The molecule has 2 aromatic rings. The molecule has 3 rings (SSSR count). The molecule has 0 unspecified atom stereocenters. The van der Waals surface area contributed by atoms with E-state index in [0.717, 1.165) is 31.4 Å². The molecule has 172 valence electrons. The first-order chi connectivity index (χ1) is 15.1. The predicted molar refractivity (Wildman–Crippen MR) is 116 cm³/mol. The van der Waals surface area contributed by atoms with E-state index in [2.05, 4.69) is 48.0 Å². The molecule has 2 atom stereocenters. The van der Waals surface area contributed by atoms with E-state index in [0.29, 0.717) is 6.54 Å². The van der Waals surface area contributed by atoms with E-state index < -0.39 is 17.6 Å². The highest BCUT2D eigenvalue weighted by molar-refractivity contribution is 5.96. The molecular weight excluding hydrogens is 419 g/mol. The molecule has 1 fully saturated rings. The number of hydrogen-bond donors (Lipinski definition) is 3. The lowest BCUT2D eigenvalue weighted by atomic mass is 10.0. The molecule has 5 nitrogen and oxygen atoms in total. The van der Waals surface area contributed by atoms with Crippen LogP contribution in [0.4, 0.5) is 13.2 Å². The summed E-state index contributed by atoms with van der Waals surface area (Å²) in [5, 5.41) is 8.85. The Balaban J connectivity index is 1.49. The molecule has 0 saturated heterocycles. The third kappa shape index (κ3) is 6.32. The van der Waals surface area contributed by atoms with Crippen molar-refractivity contribution < 1.29 is 22.8 Å². The van der Waals surface area contributed by atoms with E-state index >= 15 is 0 Å². The second-order valence-electron chi connectivity index (χ2n) is 8.28. The van der Waals surface area contributed by atoms with Crippen LogP contribution in [0.5, 0.6) is 0 Å². The van der Waals surface area contributed by atoms with Crippen molar-refractivity contribution in [3.8, 4) is 0 Å². The molecule has 0 spiro atoms. The minimum Gasteiger partial charge on any atom is -0.350 e. The first-order valence-electron chi connectivity index (χ1n) is 10.7. The van der Waals surface area contributed by atoms with Crippen LogP contribution in [0, 0.1) is 13.8 Å². The van der Waals surface area contributed by atoms with Gasteiger partial charge in [0.15, 0.2) is 0 Å². The van der Waals surface area contributed by atoms with Crippen molar-refractivity contribution in [1.82, 2.24) is 16.0 Å². The second-order valence-corrected chi connectivity index (χ2v) is 8.28. The Bertz CT molecular complexity index is 975. The van der Waals surface area contributed by atoms with Crippen LogP contribution in [0.1, 0.15) is 51.9 Å². The van der Waals surface area contributed by atoms with Crippen LogP contribution < -0.4 is 16.0 Å². The Labute approximate surface area is 185 Å². The number of amides is 2. The fourth-order valence-electron chi connectivity index (χ4n) is 4.02. The molecule has 0 bridgehead atoms. The molecule has 0 heterocycles. The number of hydrogen-bond acceptors (Lipinski definition) is 3. The smallest absolute Gasteiger partial charge is 0.350 e. The molecule has 0 aliphatic heterocycles. The van der Waals surface area contributed by atoms with Crippen LogP contribution in [0.3, 0.4) is 0 Å². The highest BCUT2D eigenvalue weighted by atomic mass is 19.4. The van der Waals surface area contributed by atoms with Gasteiger partial charge in [0.05, 0.1) is 12.1 Å². The van der Waals surface area contributed by atoms with Gasteiger partial charge in [0.1, 0.15) is 0 Å². The third-order valence-corrected chi connectivity index (χ3v) is 5.78. The van der Waals surface area contributed by atoms with E-state index in [4.69, 9.17) is 0 Å². The van der Waals surface area contributed by atoms with Gasteiger partial charge in [-0.1, -0.05) is 29.8 Å². The highest BCUT2D eigenvalue weighted by Crippen LogP contribution is 2.29. The molecule has 2 aromatic carbocycles. The molecule has 2 amide bonds. The van der Waals surface area contributed by atoms with E-state index in [-0.39, 0.29) is 30.1 Å². The molecule has 1 saturated carbocycles. The zero-order chi connectivity index (χ0) is 23.3. The third-order valence-electron chi connectivity index (χ3n) is 5.78. The summed E-state index contributed by atoms with van der Waals surface area (Å²) in [6, 6.07) is 10.5. The van der Waals surface area contributed by atoms with Crippen LogP contribution in [0.2, 0.25) is 0 Å². The van der Waals surface area contributed by atoms with Gasteiger partial charge >= 0.3 is 6.18 Å². The first kappa shape index (κ1) is 23.8. The van der Waals surface area contributed by atoms with Gasteiger partial charge < -0.3 is 16.0 Å². The Hall–Kier alpha value is -2.87. The monoisotopic (exact) mass is 447 g/mol. The van der Waals surface area contributed by atoms with Crippen molar-refractivity contribution >= 4 is 11.8 Å². The van der Waals surface area contributed by atoms with E-state index in [1.807, 2.05) is 0 Å². The van der Waals surface area contributed by atoms with Gasteiger partial charge in [-0.3, -0.25) is 9.59 Å². The normalized spacial score (nSPS) is 18.4. The van der Waals surface area contributed by atoms with Gasteiger partial charge in [-0.05, 0) is 62.4 Å². The van der Waals surface area contributed by atoms with E-state index in [1.54, 1.807) is 0 Å².